The third-order valence-corrected chi connectivity index (χ3v) is 2.87. The zero-order valence-corrected chi connectivity index (χ0v) is 10.7. The number of methoxy groups -OCH3 is 1. The second-order valence-corrected chi connectivity index (χ2v) is 4.08. The van der Waals surface area contributed by atoms with Crippen LogP contribution in [0.5, 0.6) is 0 Å². The number of ether oxygens (including phenoxy) is 1. The molecule has 1 aromatic heterocycles. The monoisotopic (exact) mass is 263 g/mol. The lowest BCUT2D eigenvalue weighted by Gasteiger charge is -2.05. The molecule has 0 bridgehead atoms. The van der Waals surface area contributed by atoms with Gasteiger partial charge in [0, 0.05) is 12.1 Å². The Hall–Kier alpha value is -1.95. The molecule has 1 N–H and O–H groups in total. The molecule has 0 aliphatic rings. The Morgan fingerprint density at radius 2 is 2.17 bits per heavy atom. The second-order valence-electron chi connectivity index (χ2n) is 3.70. The Balaban J connectivity index is 2.28. The van der Waals surface area contributed by atoms with Crippen LogP contribution in [-0.4, -0.2) is 27.8 Å². The molecular weight excluding hydrogens is 250 g/mol. The van der Waals surface area contributed by atoms with E-state index in [1.807, 2.05) is 30.3 Å². The van der Waals surface area contributed by atoms with Gasteiger partial charge in [-0.2, -0.15) is 5.10 Å². The molecule has 0 saturated carbocycles. The summed E-state index contributed by atoms with van der Waals surface area (Å²) in [7, 11) is 1.37. The Kier molecular flexibility index (Phi) is 3.88. The minimum Gasteiger partial charge on any atom is -0.469 e. The van der Waals surface area contributed by atoms with E-state index >= 15 is 0 Å². The number of aromatic amines is 1. The van der Waals surface area contributed by atoms with E-state index in [1.165, 1.54) is 7.11 Å². The van der Waals surface area contributed by atoms with Crippen molar-refractivity contribution in [2.24, 2.45) is 0 Å². The molecule has 0 aliphatic carbocycles. The molecule has 0 atom stereocenters. The number of carbonyl (C=O) groups is 1. The molecule has 1 heterocycles. The predicted octanol–water partition coefficient (Wildman–Crippen LogP) is 2.17. The molecule has 2 rings (SSSR count). The first-order valence-corrected chi connectivity index (χ1v) is 5.90. The smallest absolute Gasteiger partial charge is 0.307 e. The van der Waals surface area contributed by atoms with E-state index in [0.29, 0.717) is 11.3 Å². The first-order chi connectivity index (χ1) is 8.72. The van der Waals surface area contributed by atoms with E-state index < -0.39 is 0 Å². The van der Waals surface area contributed by atoms with Gasteiger partial charge in [-0.05, 0) is 12.2 Å². The van der Waals surface area contributed by atoms with E-state index in [0.717, 1.165) is 11.4 Å². The minimum atomic E-state index is -0.267. The summed E-state index contributed by atoms with van der Waals surface area (Å²) < 4.78 is 6.91. The number of hydrogen-bond donors (Lipinski definition) is 1. The summed E-state index contributed by atoms with van der Waals surface area (Å²) in [6.07, 6.45) is 0.268. The van der Waals surface area contributed by atoms with Crippen molar-refractivity contribution in [1.29, 1.82) is 0 Å². The van der Waals surface area contributed by atoms with Gasteiger partial charge >= 0.3 is 5.97 Å². The predicted molar refractivity (Wildman–Crippen MR) is 69.5 cm³/mol. The summed E-state index contributed by atoms with van der Waals surface area (Å²) in [6.45, 7) is 0.451. The van der Waals surface area contributed by atoms with Crippen LogP contribution in [0, 0.1) is 4.77 Å². The van der Waals surface area contributed by atoms with Crippen molar-refractivity contribution in [3.05, 3.63) is 35.1 Å². The summed E-state index contributed by atoms with van der Waals surface area (Å²) in [5.41, 5.74) is 0.953. The van der Waals surface area contributed by atoms with Gasteiger partial charge in [-0.25, -0.2) is 0 Å². The second kappa shape index (κ2) is 5.59. The molecule has 0 amide bonds. The van der Waals surface area contributed by atoms with Crippen LogP contribution in [-0.2, 0) is 16.1 Å². The van der Waals surface area contributed by atoms with Gasteiger partial charge < -0.3 is 4.74 Å². The number of nitrogens with one attached hydrogen (secondary N) is 1. The number of aromatic nitrogens is 3. The maximum atomic E-state index is 11.2. The van der Waals surface area contributed by atoms with Gasteiger partial charge in [-0.15, -0.1) is 0 Å². The van der Waals surface area contributed by atoms with Crippen molar-refractivity contribution in [3.63, 3.8) is 0 Å². The van der Waals surface area contributed by atoms with Crippen molar-refractivity contribution in [1.82, 2.24) is 14.8 Å². The molecule has 0 spiro atoms. The zero-order valence-electron chi connectivity index (χ0n) is 9.92. The van der Waals surface area contributed by atoms with E-state index in [2.05, 4.69) is 14.9 Å². The quantitative estimate of drug-likeness (QED) is 0.678. The molecule has 0 saturated heterocycles. The van der Waals surface area contributed by atoms with Crippen LogP contribution in [0.2, 0.25) is 0 Å². The van der Waals surface area contributed by atoms with E-state index in [1.54, 1.807) is 4.57 Å². The first kappa shape index (κ1) is 12.5. The third-order valence-electron chi connectivity index (χ3n) is 2.56. The van der Waals surface area contributed by atoms with E-state index in [4.69, 9.17) is 12.2 Å². The molecule has 94 valence electrons. The van der Waals surface area contributed by atoms with Gasteiger partial charge in [0.1, 0.15) is 0 Å². The van der Waals surface area contributed by atoms with Gasteiger partial charge in [0.25, 0.3) is 0 Å². The average Bonchev–Trinajstić information content (AvgIpc) is 2.78. The lowest BCUT2D eigenvalue weighted by Crippen LogP contribution is -2.08. The largest absolute Gasteiger partial charge is 0.469 e. The maximum absolute atomic E-state index is 11.2. The SMILES string of the molecule is COC(=O)CCn1c(-c2ccccc2)n[nH]c1=S. The summed E-state index contributed by atoms with van der Waals surface area (Å²) in [6, 6.07) is 9.68. The molecule has 0 unspecified atom stereocenters. The molecule has 2 aromatic rings. The molecule has 0 radical (unpaired) electrons. The molecule has 0 fully saturated rings. The van der Waals surface area contributed by atoms with Crippen LogP contribution in [0.3, 0.4) is 0 Å². The van der Waals surface area contributed by atoms with Gasteiger partial charge in [0.2, 0.25) is 0 Å². The highest BCUT2D eigenvalue weighted by Gasteiger charge is 2.10. The van der Waals surface area contributed by atoms with Crippen molar-refractivity contribution in [3.8, 4) is 11.4 Å². The molecular formula is C12H13N3O2S. The number of esters is 1. The Morgan fingerprint density at radius 3 is 2.83 bits per heavy atom. The fourth-order valence-electron chi connectivity index (χ4n) is 1.64. The normalized spacial score (nSPS) is 10.3. The highest BCUT2D eigenvalue weighted by Crippen LogP contribution is 2.16. The van der Waals surface area contributed by atoms with Crippen LogP contribution < -0.4 is 0 Å². The van der Waals surface area contributed by atoms with Crippen LogP contribution in [0.15, 0.2) is 30.3 Å². The summed E-state index contributed by atoms with van der Waals surface area (Å²) >= 11 is 5.15. The maximum Gasteiger partial charge on any atom is 0.307 e. The topological polar surface area (TPSA) is 59.9 Å². The van der Waals surface area contributed by atoms with Gasteiger partial charge in [-0.1, -0.05) is 30.3 Å². The van der Waals surface area contributed by atoms with Crippen LogP contribution >= 0.6 is 12.2 Å². The number of H-pyrrole nitrogens is 1. The number of rotatable bonds is 4. The number of nitrogens with zero attached hydrogens (tertiary/aromatic N) is 2. The fraction of sp³-hybridized carbons (Fsp3) is 0.250. The van der Waals surface area contributed by atoms with E-state index in [9.17, 15) is 4.79 Å². The standard InChI is InChI=1S/C12H13N3O2S/c1-17-10(16)7-8-15-11(13-14-12(15)18)9-5-3-2-4-6-9/h2-6H,7-8H2,1H3,(H,14,18). The average molecular weight is 263 g/mol. The lowest BCUT2D eigenvalue weighted by molar-refractivity contribution is -0.140. The fourth-order valence-corrected chi connectivity index (χ4v) is 1.86. The van der Waals surface area contributed by atoms with E-state index in [-0.39, 0.29) is 12.4 Å². The van der Waals surface area contributed by atoms with Crippen LogP contribution in [0.25, 0.3) is 11.4 Å². The molecule has 18 heavy (non-hydrogen) atoms. The van der Waals surface area contributed by atoms with Gasteiger partial charge in [-0.3, -0.25) is 14.5 Å². The summed E-state index contributed by atoms with van der Waals surface area (Å²) in [4.78, 5) is 11.2. The first-order valence-electron chi connectivity index (χ1n) is 5.50. The van der Waals surface area contributed by atoms with Gasteiger partial charge in [0.05, 0.1) is 13.5 Å². The minimum absolute atomic E-state index is 0.267. The van der Waals surface area contributed by atoms with Gasteiger partial charge in [0.15, 0.2) is 10.6 Å². The zero-order chi connectivity index (χ0) is 13.0. The van der Waals surface area contributed by atoms with Crippen LogP contribution in [0.1, 0.15) is 6.42 Å². The highest BCUT2D eigenvalue weighted by molar-refractivity contribution is 7.71. The molecule has 6 heteroatoms. The summed E-state index contributed by atoms with van der Waals surface area (Å²) in [5.74, 6) is 0.460. The summed E-state index contributed by atoms with van der Waals surface area (Å²) in [5, 5.41) is 6.92. The van der Waals surface area contributed by atoms with Crippen molar-refractivity contribution < 1.29 is 9.53 Å². The Bertz CT molecular complexity index is 589. The van der Waals surface area contributed by atoms with Crippen molar-refractivity contribution >= 4 is 18.2 Å². The number of benzene rings is 1. The van der Waals surface area contributed by atoms with Crippen molar-refractivity contribution in [2.45, 2.75) is 13.0 Å². The van der Waals surface area contributed by atoms with Crippen LogP contribution in [0.4, 0.5) is 0 Å². The van der Waals surface area contributed by atoms with Crippen molar-refractivity contribution in [2.75, 3.05) is 7.11 Å². The number of hydrogen-bond acceptors (Lipinski definition) is 4. The molecule has 1 aromatic carbocycles. The highest BCUT2D eigenvalue weighted by atomic mass is 32.1. The molecule has 0 aliphatic heterocycles. The molecule has 5 nitrogen and oxygen atoms in total. The Labute approximate surface area is 109 Å². The third kappa shape index (κ3) is 2.65. The lowest BCUT2D eigenvalue weighted by atomic mass is 10.2. The Morgan fingerprint density at radius 1 is 1.44 bits per heavy atom. The number of carbonyl (C=O) groups excluding carboxylic acids is 1.